The van der Waals surface area contributed by atoms with Crippen LogP contribution in [0.2, 0.25) is 0 Å². The second-order valence-electron chi connectivity index (χ2n) is 6.86. The number of hydrogen-bond donors (Lipinski definition) is 1. The average Bonchev–Trinajstić information content (AvgIpc) is 3.18. The van der Waals surface area contributed by atoms with Crippen molar-refractivity contribution >= 4 is 24.0 Å². The maximum atomic E-state index is 13.0. The first-order chi connectivity index (χ1) is 11.8. The number of benzene rings is 1. The molecule has 0 aliphatic carbocycles. The minimum absolute atomic E-state index is 0. The standard InChI is InChI=1S/C17H21N5O3.ClH/c1-17(10-18)7-8-21(11-17)16(23)14-9-20(2)19-15(14)12-3-5-13(6-4-12)22(24)25;/h3-6,9H,7-8,10-11,18H2,1-2H3;1H. The number of amides is 1. The Morgan fingerprint density at radius 1 is 1.38 bits per heavy atom. The van der Waals surface area contributed by atoms with Crippen LogP contribution in [0.1, 0.15) is 23.7 Å². The molecular weight excluding hydrogens is 358 g/mol. The van der Waals surface area contributed by atoms with Crippen molar-refractivity contribution < 1.29 is 9.72 Å². The number of nitrogens with two attached hydrogens (primary N) is 1. The number of nitrogens with zero attached hydrogens (tertiary/aromatic N) is 4. The molecule has 1 amide bonds. The number of halogens is 1. The molecule has 3 rings (SSSR count). The minimum Gasteiger partial charge on any atom is -0.338 e. The van der Waals surface area contributed by atoms with E-state index in [9.17, 15) is 14.9 Å². The summed E-state index contributed by atoms with van der Waals surface area (Å²) in [5.74, 6) is -0.0846. The number of nitro benzene ring substituents is 1. The highest BCUT2D eigenvalue weighted by Gasteiger charge is 2.36. The largest absolute Gasteiger partial charge is 0.338 e. The van der Waals surface area contributed by atoms with Crippen LogP contribution in [-0.4, -0.2) is 45.1 Å². The molecule has 0 saturated carbocycles. The number of carbonyl (C=O) groups is 1. The molecule has 1 aliphatic heterocycles. The van der Waals surface area contributed by atoms with E-state index in [0.717, 1.165) is 6.42 Å². The Kier molecular flexibility index (Phi) is 5.68. The van der Waals surface area contributed by atoms with E-state index in [1.807, 2.05) is 0 Å². The van der Waals surface area contributed by atoms with Crippen molar-refractivity contribution in [2.24, 2.45) is 18.2 Å². The van der Waals surface area contributed by atoms with Gasteiger partial charge >= 0.3 is 0 Å². The van der Waals surface area contributed by atoms with Gasteiger partial charge in [-0.3, -0.25) is 19.6 Å². The summed E-state index contributed by atoms with van der Waals surface area (Å²) in [6, 6.07) is 6.07. The number of aromatic nitrogens is 2. The van der Waals surface area contributed by atoms with E-state index >= 15 is 0 Å². The van der Waals surface area contributed by atoms with Crippen LogP contribution >= 0.6 is 12.4 Å². The summed E-state index contributed by atoms with van der Waals surface area (Å²) in [7, 11) is 1.75. The first-order valence-corrected chi connectivity index (χ1v) is 8.11. The highest BCUT2D eigenvalue weighted by atomic mass is 35.5. The van der Waals surface area contributed by atoms with Crippen LogP contribution in [0.4, 0.5) is 5.69 Å². The zero-order chi connectivity index (χ0) is 18.2. The van der Waals surface area contributed by atoms with E-state index in [2.05, 4.69) is 12.0 Å². The number of likely N-dealkylation sites (tertiary alicyclic amines) is 1. The lowest BCUT2D eigenvalue weighted by Crippen LogP contribution is -2.34. The first kappa shape index (κ1) is 19.9. The molecule has 0 radical (unpaired) electrons. The first-order valence-electron chi connectivity index (χ1n) is 8.11. The maximum absolute atomic E-state index is 13.0. The molecule has 2 N–H and O–H groups in total. The Morgan fingerprint density at radius 2 is 2.04 bits per heavy atom. The van der Waals surface area contributed by atoms with Crippen LogP contribution in [0.25, 0.3) is 11.3 Å². The Labute approximate surface area is 157 Å². The summed E-state index contributed by atoms with van der Waals surface area (Å²) in [6.07, 6.45) is 2.57. The van der Waals surface area contributed by atoms with Gasteiger partial charge in [0.2, 0.25) is 0 Å². The van der Waals surface area contributed by atoms with Gasteiger partial charge in [0.15, 0.2) is 0 Å². The van der Waals surface area contributed by atoms with Crippen molar-refractivity contribution in [1.29, 1.82) is 0 Å². The molecule has 2 heterocycles. The highest BCUT2D eigenvalue weighted by molar-refractivity contribution is 6.00. The molecule has 1 unspecified atom stereocenters. The fraction of sp³-hybridized carbons (Fsp3) is 0.412. The molecule has 140 valence electrons. The van der Waals surface area contributed by atoms with Gasteiger partial charge in [-0.2, -0.15) is 5.10 Å². The number of nitro groups is 1. The smallest absolute Gasteiger partial charge is 0.269 e. The predicted molar refractivity (Wildman–Crippen MR) is 100 cm³/mol. The Bertz CT molecular complexity index is 820. The Morgan fingerprint density at radius 3 is 2.58 bits per heavy atom. The molecule has 9 heteroatoms. The van der Waals surface area contributed by atoms with Gasteiger partial charge in [0.05, 0.1) is 10.5 Å². The lowest BCUT2D eigenvalue weighted by molar-refractivity contribution is -0.384. The number of rotatable bonds is 4. The lowest BCUT2D eigenvalue weighted by atomic mass is 9.90. The molecule has 1 fully saturated rings. The third-order valence-electron chi connectivity index (χ3n) is 4.75. The van der Waals surface area contributed by atoms with Crippen molar-refractivity contribution in [3.05, 3.63) is 46.1 Å². The number of aryl methyl sites for hydroxylation is 1. The predicted octanol–water partition coefficient (Wildman–Crippen LogP) is 2.23. The van der Waals surface area contributed by atoms with E-state index in [0.29, 0.717) is 36.5 Å². The zero-order valence-electron chi connectivity index (χ0n) is 14.7. The minimum atomic E-state index is -0.452. The molecule has 1 aliphatic rings. The van der Waals surface area contributed by atoms with Crippen molar-refractivity contribution in [1.82, 2.24) is 14.7 Å². The van der Waals surface area contributed by atoms with Gasteiger partial charge < -0.3 is 10.6 Å². The van der Waals surface area contributed by atoms with Crippen LogP contribution in [-0.2, 0) is 7.05 Å². The van der Waals surface area contributed by atoms with E-state index in [4.69, 9.17) is 5.73 Å². The third kappa shape index (κ3) is 3.71. The maximum Gasteiger partial charge on any atom is 0.269 e. The molecule has 1 aromatic heterocycles. The van der Waals surface area contributed by atoms with Gasteiger partial charge in [0.1, 0.15) is 5.69 Å². The average molecular weight is 380 g/mol. The summed E-state index contributed by atoms with van der Waals surface area (Å²) in [5.41, 5.74) is 7.48. The van der Waals surface area contributed by atoms with Crippen LogP contribution in [0, 0.1) is 15.5 Å². The van der Waals surface area contributed by atoms with Crippen molar-refractivity contribution in [2.75, 3.05) is 19.6 Å². The monoisotopic (exact) mass is 379 g/mol. The number of non-ortho nitro benzene ring substituents is 1. The lowest BCUT2D eigenvalue weighted by Gasteiger charge is -2.22. The van der Waals surface area contributed by atoms with Crippen LogP contribution in [0.3, 0.4) is 0 Å². The fourth-order valence-electron chi connectivity index (χ4n) is 3.13. The fourth-order valence-corrected chi connectivity index (χ4v) is 3.13. The number of hydrogen-bond acceptors (Lipinski definition) is 5. The summed E-state index contributed by atoms with van der Waals surface area (Å²) < 4.78 is 1.59. The third-order valence-corrected chi connectivity index (χ3v) is 4.75. The second kappa shape index (κ2) is 7.43. The number of carbonyl (C=O) groups excluding carboxylic acids is 1. The second-order valence-corrected chi connectivity index (χ2v) is 6.86. The molecule has 8 nitrogen and oxygen atoms in total. The van der Waals surface area contributed by atoms with E-state index < -0.39 is 4.92 Å². The Balaban J connectivity index is 0.00000243. The molecule has 0 spiro atoms. The van der Waals surface area contributed by atoms with Gasteiger partial charge in [-0.15, -0.1) is 12.4 Å². The molecule has 1 atom stereocenters. The summed E-state index contributed by atoms with van der Waals surface area (Å²) in [4.78, 5) is 25.1. The molecule has 26 heavy (non-hydrogen) atoms. The molecule has 1 aromatic carbocycles. The van der Waals surface area contributed by atoms with Gasteiger partial charge in [0.25, 0.3) is 11.6 Å². The Hall–Kier alpha value is -2.45. The summed E-state index contributed by atoms with van der Waals surface area (Å²) in [6.45, 7) is 3.91. The topological polar surface area (TPSA) is 107 Å². The van der Waals surface area contributed by atoms with Crippen molar-refractivity contribution in [2.45, 2.75) is 13.3 Å². The van der Waals surface area contributed by atoms with Crippen LogP contribution in [0.5, 0.6) is 0 Å². The summed E-state index contributed by atoms with van der Waals surface area (Å²) >= 11 is 0. The van der Waals surface area contributed by atoms with E-state index in [-0.39, 0.29) is 29.4 Å². The van der Waals surface area contributed by atoms with Crippen molar-refractivity contribution in [3.63, 3.8) is 0 Å². The normalized spacial score (nSPS) is 19.3. The zero-order valence-corrected chi connectivity index (χ0v) is 15.5. The van der Waals surface area contributed by atoms with Gasteiger partial charge in [0, 0.05) is 44.0 Å². The molecule has 1 saturated heterocycles. The summed E-state index contributed by atoms with van der Waals surface area (Å²) in [5, 5.41) is 15.2. The van der Waals surface area contributed by atoms with Gasteiger partial charge in [-0.25, -0.2) is 0 Å². The van der Waals surface area contributed by atoms with Crippen LogP contribution in [0.15, 0.2) is 30.5 Å². The van der Waals surface area contributed by atoms with Crippen molar-refractivity contribution in [3.8, 4) is 11.3 Å². The molecule has 2 aromatic rings. The van der Waals surface area contributed by atoms with Gasteiger partial charge in [-0.05, 0) is 30.5 Å². The highest BCUT2D eigenvalue weighted by Crippen LogP contribution is 2.31. The molecular formula is C17H22ClN5O3. The van der Waals surface area contributed by atoms with E-state index in [1.54, 1.807) is 35.0 Å². The van der Waals surface area contributed by atoms with E-state index in [1.165, 1.54) is 12.1 Å². The molecule has 0 bridgehead atoms. The SMILES string of the molecule is Cl.Cn1cc(C(=O)N2CCC(C)(CN)C2)c(-c2ccc([N+](=O)[O-])cc2)n1. The van der Waals surface area contributed by atoms with Crippen LogP contribution < -0.4 is 5.73 Å². The van der Waals surface area contributed by atoms with Gasteiger partial charge in [-0.1, -0.05) is 6.92 Å². The quantitative estimate of drug-likeness (QED) is 0.647.